The van der Waals surface area contributed by atoms with Gasteiger partial charge in [-0.1, -0.05) is 24.3 Å². The maximum Gasteiger partial charge on any atom is 0.417 e. The summed E-state index contributed by atoms with van der Waals surface area (Å²) in [6, 6.07) is 10.5. The van der Waals surface area contributed by atoms with Crippen molar-refractivity contribution in [2.75, 3.05) is 7.11 Å². The molecule has 2 aromatic carbocycles. The van der Waals surface area contributed by atoms with Gasteiger partial charge in [0.25, 0.3) is 5.91 Å². The van der Waals surface area contributed by atoms with Gasteiger partial charge in [0.15, 0.2) is 0 Å². The number of hydrogen-bond donors (Lipinski definition) is 1. The molecule has 0 atom stereocenters. The molecule has 8 heteroatoms. The van der Waals surface area contributed by atoms with Gasteiger partial charge in [-0.2, -0.15) is 18.3 Å². The molecule has 0 heterocycles. The lowest BCUT2D eigenvalue weighted by molar-refractivity contribution is -0.137. The SMILES string of the molecule is COC(=O)c1ccc(/C=N/NC(=O)c2ccccc2C(F)(F)F)cc1. The molecule has 2 rings (SSSR count). The Morgan fingerprint density at radius 1 is 1.08 bits per heavy atom. The molecule has 0 saturated heterocycles. The van der Waals surface area contributed by atoms with Crippen LogP contribution >= 0.6 is 0 Å². The maximum absolute atomic E-state index is 12.9. The van der Waals surface area contributed by atoms with Gasteiger partial charge in [0, 0.05) is 0 Å². The lowest BCUT2D eigenvalue weighted by atomic mass is 10.1. The first kappa shape index (κ1) is 18.2. The van der Waals surface area contributed by atoms with E-state index in [9.17, 15) is 22.8 Å². The van der Waals surface area contributed by atoms with Crippen LogP contribution in [0, 0.1) is 0 Å². The number of rotatable bonds is 4. The predicted octanol–water partition coefficient (Wildman–Crippen LogP) is 3.26. The topological polar surface area (TPSA) is 67.8 Å². The molecule has 25 heavy (non-hydrogen) atoms. The lowest BCUT2D eigenvalue weighted by Crippen LogP contribution is -2.22. The van der Waals surface area contributed by atoms with E-state index in [-0.39, 0.29) is 0 Å². The Morgan fingerprint density at radius 2 is 1.72 bits per heavy atom. The lowest BCUT2D eigenvalue weighted by Gasteiger charge is -2.10. The van der Waals surface area contributed by atoms with Gasteiger partial charge in [0.05, 0.1) is 30.0 Å². The quantitative estimate of drug-likeness (QED) is 0.523. The molecular formula is C17H13F3N2O3. The first-order chi connectivity index (χ1) is 11.8. The van der Waals surface area contributed by atoms with Crippen LogP contribution in [-0.4, -0.2) is 25.2 Å². The van der Waals surface area contributed by atoms with Crippen LogP contribution in [-0.2, 0) is 10.9 Å². The van der Waals surface area contributed by atoms with Crippen molar-refractivity contribution < 1.29 is 27.5 Å². The molecule has 0 aliphatic heterocycles. The van der Waals surface area contributed by atoms with Gasteiger partial charge in [0.1, 0.15) is 0 Å². The highest BCUT2D eigenvalue weighted by Crippen LogP contribution is 2.31. The van der Waals surface area contributed by atoms with Crippen LogP contribution in [0.1, 0.15) is 31.8 Å². The molecule has 1 N–H and O–H groups in total. The number of nitrogens with one attached hydrogen (secondary N) is 1. The van der Waals surface area contributed by atoms with E-state index in [0.717, 1.165) is 12.1 Å². The van der Waals surface area contributed by atoms with Gasteiger partial charge in [0.2, 0.25) is 0 Å². The molecule has 0 unspecified atom stereocenters. The largest absolute Gasteiger partial charge is 0.465 e. The summed E-state index contributed by atoms with van der Waals surface area (Å²) in [6.45, 7) is 0. The number of hydrazone groups is 1. The Hall–Kier alpha value is -3.16. The number of amides is 1. The van der Waals surface area contributed by atoms with Crippen molar-refractivity contribution in [2.45, 2.75) is 6.18 Å². The van der Waals surface area contributed by atoms with Crippen molar-refractivity contribution in [2.24, 2.45) is 5.10 Å². The van der Waals surface area contributed by atoms with Crippen LogP contribution in [0.25, 0.3) is 0 Å². The van der Waals surface area contributed by atoms with E-state index in [4.69, 9.17) is 0 Å². The van der Waals surface area contributed by atoms with E-state index < -0.39 is 29.2 Å². The number of methoxy groups -OCH3 is 1. The number of carbonyl (C=O) groups is 2. The third-order valence-electron chi connectivity index (χ3n) is 3.19. The summed E-state index contributed by atoms with van der Waals surface area (Å²) < 4.78 is 43.2. The fraction of sp³-hybridized carbons (Fsp3) is 0.118. The Balaban J connectivity index is 2.08. The normalized spacial score (nSPS) is 11.4. The Bertz CT molecular complexity index is 800. The number of hydrogen-bond acceptors (Lipinski definition) is 4. The second-order valence-corrected chi connectivity index (χ2v) is 4.86. The molecule has 0 bridgehead atoms. The van der Waals surface area contributed by atoms with Crippen molar-refractivity contribution in [3.05, 3.63) is 70.8 Å². The fourth-order valence-electron chi connectivity index (χ4n) is 1.98. The number of benzene rings is 2. The van der Waals surface area contributed by atoms with Crippen molar-refractivity contribution in [1.82, 2.24) is 5.43 Å². The minimum Gasteiger partial charge on any atom is -0.465 e. The van der Waals surface area contributed by atoms with Crippen LogP contribution in [0.4, 0.5) is 13.2 Å². The number of halogens is 3. The number of carbonyl (C=O) groups excluding carboxylic acids is 2. The minimum absolute atomic E-state index is 0.336. The van der Waals surface area contributed by atoms with Crippen LogP contribution in [0.5, 0.6) is 0 Å². The van der Waals surface area contributed by atoms with Gasteiger partial charge in [-0.25, -0.2) is 10.2 Å². The Morgan fingerprint density at radius 3 is 2.32 bits per heavy atom. The molecule has 0 radical (unpaired) electrons. The number of alkyl halides is 3. The second-order valence-electron chi connectivity index (χ2n) is 4.86. The zero-order chi connectivity index (χ0) is 18.4. The van der Waals surface area contributed by atoms with E-state index in [0.29, 0.717) is 11.1 Å². The van der Waals surface area contributed by atoms with Crippen molar-refractivity contribution in [1.29, 1.82) is 0 Å². The van der Waals surface area contributed by atoms with E-state index in [1.807, 2.05) is 5.43 Å². The molecule has 0 fully saturated rings. The summed E-state index contributed by atoms with van der Waals surface area (Å²) in [4.78, 5) is 23.2. The van der Waals surface area contributed by atoms with E-state index in [1.165, 1.54) is 37.6 Å². The predicted molar refractivity (Wildman–Crippen MR) is 84.3 cm³/mol. The van der Waals surface area contributed by atoms with Crippen LogP contribution < -0.4 is 5.43 Å². The standard InChI is InChI=1S/C17H13F3N2O3/c1-25-16(24)12-8-6-11(7-9-12)10-21-22-15(23)13-4-2-3-5-14(13)17(18,19)20/h2-10H,1H3,(H,22,23)/b21-10+. The molecule has 0 aliphatic rings. The summed E-state index contributed by atoms with van der Waals surface area (Å²) in [7, 11) is 1.26. The monoisotopic (exact) mass is 350 g/mol. The summed E-state index contributed by atoms with van der Waals surface area (Å²) in [5.74, 6) is -1.48. The second kappa shape index (κ2) is 7.61. The first-order valence-corrected chi connectivity index (χ1v) is 7.01. The van der Waals surface area contributed by atoms with Crippen molar-refractivity contribution >= 4 is 18.1 Å². The Labute approximate surface area is 141 Å². The maximum atomic E-state index is 12.9. The average molecular weight is 350 g/mol. The summed E-state index contributed by atoms with van der Waals surface area (Å²) in [6.07, 6.45) is -3.39. The molecule has 0 aliphatic carbocycles. The van der Waals surface area contributed by atoms with Gasteiger partial charge >= 0.3 is 12.1 Å². The average Bonchev–Trinajstić information content (AvgIpc) is 2.60. The molecule has 1 amide bonds. The molecule has 0 spiro atoms. The van der Waals surface area contributed by atoms with Crippen LogP contribution in [0.3, 0.4) is 0 Å². The molecular weight excluding hydrogens is 337 g/mol. The third-order valence-corrected chi connectivity index (χ3v) is 3.19. The van der Waals surface area contributed by atoms with Gasteiger partial charge in [-0.3, -0.25) is 4.79 Å². The highest BCUT2D eigenvalue weighted by Gasteiger charge is 2.34. The van der Waals surface area contributed by atoms with Crippen LogP contribution in [0.2, 0.25) is 0 Å². The Kier molecular flexibility index (Phi) is 5.53. The molecule has 130 valence electrons. The minimum atomic E-state index is -4.64. The van der Waals surface area contributed by atoms with Crippen molar-refractivity contribution in [3.63, 3.8) is 0 Å². The molecule has 0 aromatic heterocycles. The molecule has 0 saturated carbocycles. The van der Waals surface area contributed by atoms with Gasteiger partial charge < -0.3 is 4.74 Å². The highest BCUT2D eigenvalue weighted by molar-refractivity contribution is 5.96. The molecule has 5 nitrogen and oxygen atoms in total. The van der Waals surface area contributed by atoms with Crippen LogP contribution in [0.15, 0.2) is 53.6 Å². The number of esters is 1. The summed E-state index contributed by atoms with van der Waals surface area (Å²) >= 11 is 0. The third kappa shape index (κ3) is 4.66. The van der Waals surface area contributed by atoms with Gasteiger partial charge in [-0.15, -0.1) is 0 Å². The zero-order valence-electron chi connectivity index (χ0n) is 13.0. The van der Waals surface area contributed by atoms with Crippen molar-refractivity contribution in [3.8, 4) is 0 Å². The van der Waals surface area contributed by atoms with E-state index >= 15 is 0 Å². The first-order valence-electron chi connectivity index (χ1n) is 7.01. The summed E-state index contributed by atoms with van der Waals surface area (Å²) in [5, 5.41) is 3.63. The van der Waals surface area contributed by atoms with Gasteiger partial charge in [-0.05, 0) is 29.8 Å². The number of ether oxygens (including phenoxy) is 1. The van der Waals surface area contributed by atoms with E-state index in [1.54, 1.807) is 12.1 Å². The smallest absolute Gasteiger partial charge is 0.417 e. The summed E-state index contributed by atoms with van der Waals surface area (Å²) in [5.41, 5.74) is 1.37. The fourth-order valence-corrected chi connectivity index (χ4v) is 1.98. The highest BCUT2D eigenvalue weighted by atomic mass is 19.4. The molecule has 2 aromatic rings. The zero-order valence-corrected chi connectivity index (χ0v) is 13.0. The van der Waals surface area contributed by atoms with E-state index in [2.05, 4.69) is 9.84 Å². The number of nitrogens with zero attached hydrogens (tertiary/aromatic N) is 1.